The molecule has 6 heteroatoms. The molecule has 1 saturated heterocycles. The Morgan fingerprint density at radius 3 is 2.69 bits per heavy atom. The molecule has 0 spiro atoms. The van der Waals surface area contributed by atoms with Crippen molar-refractivity contribution in [1.82, 2.24) is 10.2 Å². The van der Waals surface area contributed by atoms with Crippen molar-refractivity contribution >= 4 is 5.91 Å². The summed E-state index contributed by atoms with van der Waals surface area (Å²) in [7, 11) is 0. The lowest BCUT2D eigenvalue weighted by atomic mass is 9.73. The number of hydrogen-bond acceptors (Lipinski definition) is 5. The number of carbonyl (C=O) groups is 1. The Morgan fingerprint density at radius 2 is 1.94 bits per heavy atom. The summed E-state index contributed by atoms with van der Waals surface area (Å²) in [5.41, 5.74) is 1.15. The number of benzene rings is 1. The van der Waals surface area contributed by atoms with E-state index < -0.39 is 0 Å². The van der Waals surface area contributed by atoms with E-state index in [-0.39, 0.29) is 36.2 Å². The molecule has 6 nitrogen and oxygen atoms in total. The van der Waals surface area contributed by atoms with Gasteiger partial charge in [-0.25, -0.2) is 0 Å². The lowest BCUT2D eigenvalue weighted by molar-refractivity contribution is -0.141. The van der Waals surface area contributed by atoms with Crippen LogP contribution < -0.4 is 10.1 Å². The molecule has 2 bridgehead atoms. The fourth-order valence-corrected chi connectivity index (χ4v) is 6.21. The highest BCUT2D eigenvalue weighted by molar-refractivity contribution is 5.78. The fourth-order valence-electron chi connectivity index (χ4n) is 6.21. The number of hydrogen-bond donors (Lipinski definition) is 1. The highest BCUT2D eigenvalue weighted by Crippen LogP contribution is 2.40. The van der Waals surface area contributed by atoms with Crippen LogP contribution in [0.2, 0.25) is 0 Å². The first kappa shape index (κ1) is 21.7. The van der Waals surface area contributed by atoms with Crippen LogP contribution in [-0.4, -0.2) is 54.3 Å². The number of carbonyl (C=O) groups excluding carboxylic acids is 1. The highest BCUT2D eigenvalue weighted by Gasteiger charge is 2.43. The van der Waals surface area contributed by atoms with Gasteiger partial charge in [0.1, 0.15) is 5.75 Å². The van der Waals surface area contributed by atoms with Crippen molar-refractivity contribution < 1.29 is 14.3 Å². The molecule has 1 aromatic rings. The molecule has 6 rings (SSSR count). The van der Waals surface area contributed by atoms with Crippen molar-refractivity contribution in [2.45, 2.75) is 93.9 Å². The van der Waals surface area contributed by atoms with Crippen LogP contribution in [0.15, 0.2) is 24.3 Å². The van der Waals surface area contributed by atoms with E-state index in [0.29, 0.717) is 18.9 Å². The number of nitrogens with zero attached hydrogens (tertiary/aromatic N) is 2. The first-order chi connectivity index (χ1) is 15.7. The zero-order chi connectivity index (χ0) is 22.0. The Labute approximate surface area is 191 Å². The number of rotatable bonds is 3. The van der Waals surface area contributed by atoms with Crippen LogP contribution in [0.25, 0.3) is 0 Å². The molecule has 172 valence electrons. The van der Waals surface area contributed by atoms with Gasteiger partial charge in [-0.2, -0.15) is 5.26 Å². The Bertz CT molecular complexity index is 854. The van der Waals surface area contributed by atoms with Gasteiger partial charge >= 0.3 is 0 Å². The SMILES string of the molecule is N#CCC1(N[C@H]2CCCN3C(=O)COc4ccccc4C4CCC(CC4)OC[C@@H]23)CCC1. The molecule has 3 fully saturated rings. The van der Waals surface area contributed by atoms with Gasteiger partial charge in [0, 0.05) is 18.1 Å². The highest BCUT2D eigenvalue weighted by atomic mass is 16.5. The summed E-state index contributed by atoms with van der Waals surface area (Å²) in [6.45, 7) is 1.38. The van der Waals surface area contributed by atoms with E-state index in [2.05, 4.69) is 23.5 Å². The summed E-state index contributed by atoms with van der Waals surface area (Å²) >= 11 is 0. The van der Waals surface area contributed by atoms with Crippen LogP contribution in [-0.2, 0) is 9.53 Å². The second-order valence-corrected chi connectivity index (χ2v) is 10.1. The summed E-state index contributed by atoms with van der Waals surface area (Å²) in [5.74, 6) is 1.37. The minimum atomic E-state index is -0.0832. The third-order valence-electron chi connectivity index (χ3n) is 8.21. The van der Waals surface area contributed by atoms with Gasteiger partial charge in [-0.05, 0) is 75.3 Å². The summed E-state index contributed by atoms with van der Waals surface area (Å²) in [4.78, 5) is 15.3. The molecule has 3 heterocycles. The van der Waals surface area contributed by atoms with Gasteiger partial charge in [-0.1, -0.05) is 18.2 Å². The molecule has 2 atom stereocenters. The fraction of sp³-hybridized carbons (Fsp3) is 0.692. The van der Waals surface area contributed by atoms with E-state index in [0.717, 1.165) is 63.7 Å². The van der Waals surface area contributed by atoms with Crippen LogP contribution in [0.1, 0.15) is 75.7 Å². The number of para-hydroxylation sites is 1. The topological polar surface area (TPSA) is 74.6 Å². The monoisotopic (exact) mass is 437 g/mol. The summed E-state index contributed by atoms with van der Waals surface area (Å²) in [6, 6.07) is 10.8. The van der Waals surface area contributed by atoms with Crippen molar-refractivity contribution in [2.75, 3.05) is 19.8 Å². The zero-order valence-electron chi connectivity index (χ0n) is 18.9. The van der Waals surface area contributed by atoms with Crippen LogP contribution in [0.4, 0.5) is 0 Å². The van der Waals surface area contributed by atoms with Gasteiger partial charge in [0.25, 0.3) is 5.91 Å². The Balaban J connectivity index is 1.39. The molecule has 1 amide bonds. The van der Waals surface area contributed by atoms with Crippen molar-refractivity contribution in [2.24, 2.45) is 0 Å². The van der Waals surface area contributed by atoms with Crippen LogP contribution >= 0.6 is 0 Å². The number of piperidine rings is 1. The van der Waals surface area contributed by atoms with Crippen molar-refractivity contribution in [3.63, 3.8) is 0 Å². The average molecular weight is 438 g/mol. The molecule has 5 aliphatic rings. The lowest BCUT2D eigenvalue weighted by Gasteiger charge is -2.49. The normalized spacial score (nSPS) is 32.1. The van der Waals surface area contributed by atoms with Crippen molar-refractivity contribution in [3.05, 3.63) is 29.8 Å². The molecule has 32 heavy (non-hydrogen) atoms. The molecular weight excluding hydrogens is 402 g/mol. The summed E-state index contributed by atoms with van der Waals surface area (Å²) < 4.78 is 12.6. The predicted octanol–water partition coefficient (Wildman–Crippen LogP) is 3.91. The minimum absolute atomic E-state index is 0.00950. The molecule has 1 aromatic carbocycles. The van der Waals surface area contributed by atoms with Crippen molar-refractivity contribution in [1.29, 1.82) is 5.26 Å². The number of nitrogens with one attached hydrogen (secondary N) is 1. The van der Waals surface area contributed by atoms with E-state index in [1.807, 2.05) is 17.0 Å². The van der Waals surface area contributed by atoms with E-state index in [1.54, 1.807) is 0 Å². The molecule has 1 N–H and O–H groups in total. The van der Waals surface area contributed by atoms with Gasteiger partial charge in [0.15, 0.2) is 6.61 Å². The largest absolute Gasteiger partial charge is 0.483 e. The number of ether oxygens (including phenoxy) is 2. The molecule has 2 saturated carbocycles. The van der Waals surface area contributed by atoms with Gasteiger partial charge in [0.05, 0.1) is 31.2 Å². The van der Waals surface area contributed by atoms with E-state index in [1.165, 1.54) is 12.0 Å². The van der Waals surface area contributed by atoms with E-state index >= 15 is 0 Å². The van der Waals surface area contributed by atoms with Gasteiger partial charge in [0.2, 0.25) is 0 Å². The molecule has 3 aliphatic heterocycles. The second-order valence-electron chi connectivity index (χ2n) is 10.1. The maximum absolute atomic E-state index is 13.3. The molecular formula is C26H35N3O3. The van der Waals surface area contributed by atoms with Gasteiger partial charge in [-0.3, -0.25) is 4.79 Å². The maximum atomic E-state index is 13.3. The maximum Gasteiger partial charge on any atom is 0.260 e. The van der Waals surface area contributed by atoms with Crippen LogP contribution in [0, 0.1) is 11.3 Å². The number of amides is 1. The third-order valence-corrected chi connectivity index (χ3v) is 8.21. The van der Waals surface area contributed by atoms with E-state index in [4.69, 9.17) is 9.47 Å². The molecule has 0 unspecified atom stereocenters. The average Bonchev–Trinajstić information content (AvgIpc) is 2.82. The van der Waals surface area contributed by atoms with Crippen LogP contribution in [0.5, 0.6) is 5.75 Å². The Hall–Kier alpha value is -2.10. The quantitative estimate of drug-likeness (QED) is 0.776. The third kappa shape index (κ3) is 4.38. The smallest absolute Gasteiger partial charge is 0.260 e. The van der Waals surface area contributed by atoms with Crippen LogP contribution in [0.3, 0.4) is 0 Å². The lowest BCUT2D eigenvalue weighted by Crippen LogP contribution is -2.65. The zero-order valence-corrected chi connectivity index (χ0v) is 18.9. The number of nitriles is 1. The van der Waals surface area contributed by atoms with Gasteiger partial charge in [-0.15, -0.1) is 0 Å². The second kappa shape index (κ2) is 9.41. The minimum Gasteiger partial charge on any atom is -0.483 e. The summed E-state index contributed by atoms with van der Waals surface area (Å²) in [6.07, 6.45) is 10.3. The predicted molar refractivity (Wildman–Crippen MR) is 121 cm³/mol. The molecule has 0 radical (unpaired) electrons. The Morgan fingerprint density at radius 1 is 1.12 bits per heavy atom. The first-order valence-corrected chi connectivity index (χ1v) is 12.4. The van der Waals surface area contributed by atoms with Gasteiger partial charge < -0.3 is 19.7 Å². The first-order valence-electron chi connectivity index (χ1n) is 12.4. The standard InChI is InChI=1S/C26H35N3O3/c27-15-14-26(12-4-13-26)28-22-6-3-16-29-23(22)17-31-20-10-8-19(9-11-20)21-5-1-2-7-24(21)32-18-25(29)30/h1-2,5,7,19-20,22-23,28H,3-4,6,8-14,16-18H2/t19?,20?,22-,23-/m0/s1. The van der Waals surface area contributed by atoms with Crippen molar-refractivity contribution in [3.8, 4) is 11.8 Å². The number of fused-ring (bicyclic) bond motifs is 5. The van der Waals surface area contributed by atoms with E-state index in [9.17, 15) is 10.1 Å². The molecule has 2 aliphatic carbocycles. The molecule has 0 aromatic heterocycles. The summed E-state index contributed by atoms with van der Waals surface area (Å²) in [5, 5.41) is 13.2. The Kier molecular flexibility index (Phi) is 6.39.